The molecule has 0 fully saturated rings. The molecule has 2 atom stereocenters. The van der Waals surface area contributed by atoms with Crippen LogP contribution in [0.15, 0.2) is 56.3 Å². The van der Waals surface area contributed by atoms with Gasteiger partial charge < -0.3 is 28.6 Å². The molecule has 3 heterocycles. The van der Waals surface area contributed by atoms with Gasteiger partial charge in [-0.2, -0.15) is 35.7 Å². The van der Waals surface area contributed by atoms with Gasteiger partial charge in [-0.15, -0.1) is 22.0 Å². The van der Waals surface area contributed by atoms with Crippen molar-refractivity contribution < 1.29 is 58.7 Å². The fraction of sp³-hybridized carbons (Fsp3) is 0.400. The quantitative estimate of drug-likeness (QED) is 0.186. The Morgan fingerprint density at radius 3 is 2.28 bits per heavy atom. The first-order valence-electron chi connectivity index (χ1n) is 14.6. The van der Waals surface area contributed by atoms with Crippen molar-refractivity contribution in [3.63, 3.8) is 0 Å². The maximum absolute atomic E-state index is 15.0. The lowest BCUT2D eigenvalue weighted by atomic mass is 10.1. The number of halogens is 7. The number of anilines is 1. The van der Waals surface area contributed by atoms with E-state index in [9.17, 15) is 40.3 Å². The minimum absolute atomic E-state index is 0.0217. The number of rotatable bonds is 8. The third-order valence-electron chi connectivity index (χ3n) is 6.79. The van der Waals surface area contributed by atoms with E-state index in [1.165, 1.54) is 59.1 Å². The van der Waals surface area contributed by atoms with Gasteiger partial charge >= 0.3 is 30.2 Å². The molecule has 2 amide bonds. The second-order valence-corrected chi connectivity index (χ2v) is 12.7. The molecule has 1 aliphatic rings. The molecular weight excluding hydrogens is 705 g/mol. The highest BCUT2D eigenvalue weighted by atomic mass is 32.2. The first kappa shape index (κ1) is 36.6. The number of thioether (sulfide) groups is 1. The molecule has 0 radical (unpaired) electrons. The first-order valence-corrected chi connectivity index (χ1v) is 15.6. The zero-order valence-electron chi connectivity index (χ0n) is 26.5. The fourth-order valence-electron chi connectivity index (χ4n) is 4.58. The van der Waals surface area contributed by atoms with Crippen LogP contribution in [-0.4, -0.2) is 62.5 Å². The highest BCUT2D eigenvalue weighted by molar-refractivity contribution is 7.99. The van der Waals surface area contributed by atoms with Gasteiger partial charge in [0.1, 0.15) is 11.6 Å². The van der Waals surface area contributed by atoms with Gasteiger partial charge in [-0.1, -0.05) is 29.4 Å². The Balaban J connectivity index is 1.50. The minimum atomic E-state index is -5.55. The Kier molecular flexibility index (Phi) is 9.90. The van der Waals surface area contributed by atoms with Gasteiger partial charge in [0.25, 0.3) is 11.8 Å². The molecule has 20 heteroatoms. The number of hydrogen-bond donors (Lipinski definition) is 1. The smallest absolute Gasteiger partial charge is 0.444 e. The lowest BCUT2D eigenvalue weighted by molar-refractivity contribution is -0.348. The molecule has 1 aliphatic heterocycles. The standard InChI is InChI=1S/C30H27F7N6O6S/c1-5-46-28(31,30(35,36)37)24-41-40-22(47-24)17-10-11-20-19(12-17)43(23(44)18(14-50-20)38-26(45)48-27(2,3)4)13-15-6-8-16(9-7-15)21-39-25(49-42-21)29(32,33)34/h6-12,18H,5,13-14H2,1-4H3,(H,38,45)/t18-,28?/m0/s1. The Hall–Kier alpha value is -4.72. The van der Waals surface area contributed by atoms with E-state index < -0.39 is 66.1 Å². The van der Waals surface area contributed by atoms with Crippen LogP contribution in [0.3, 0.4) is 0 Å². The number of carbonyl (C=O) groups excluding carboxylic acids is 2. The Bertz CT molecular complexity index is 1860. The van der Waals surface area contributed by atoms with E-state index >= 15 is 0 Å². The average molecular weight is 733 g/mol. The maximum atomic E-state index is 15.0. The van der Waals surface area contributed by atoms with Crippen LogP contribution in [0.2, 0.25) is 0 Å². The zero-order valence-corrected chi connectivity index (χ0v) is 27.3. The predicted molar refractivity (Wildman–Crippen MR) is 160 cm³/mol. The van der Waals surface area contributed by atoms with Gasteiger partial charge in [-0.05, 0) is 51.5 Å². The largest absolute Gasteiger partial charge is 0.471 e. The second-order valence-electron chi connectivity index (χ2n) is 11.7. The van der Waals surface area contributed by atoms with Gasteiger partial charge in [-0.3, -0.25) is 4.79 Å². The number of alkyl halides is 7. The van der Waals surface area contributed by atoms with Gasteiger partial charge in [-0.25, -0.2) is 4.79 Å². The average Bonchev–Trinajstić information content (AvgIpc) is 3.70. The molecule has 12 nitrogen and oxygen atoms in total. The molecule has 0 saturated heterocycles. The molecule has 268 valence electrons. The molecule has 0 spiro atoms. The molecule has 1 unspecified atom stereocenters. The summed E-state index contributed by atoms with van der Waals surface area (Å²) in [5, 5.41) is 12.7. The normalized spacial score (nSPS) is 16.8. The number of alkyl carbamates (subject to hydrolysis) is 1. The number of nitrogens with one attached hydrogen (secondary N) is 1. The summed E-state index contributed by atoms with van der Waals surface area (Å²) in [6.45, 7) is 5.25. The van der Waals surface area contributed by atoms with Crippen LogP contribution in [0.25, 0.3) is 22.8 Å². The monoisotopic (exact) mass is 732 g/mol. The van der Waals surface area contributed by atoms with Gasteiger partial charge in [0.15, 0.2) is 0 Å². The third-order valence-corrected chi connectivity index (χ3v) is 7.94. The summed E-state index contributed by atoms with van der Waals surface area (Å²) >= 11 is 1.18. The molecule has 1 N–H and O–H groups in total. The molecule has 5 rings (SSSR count). The molecule has 2 aromatic carbocycles. The lowest BCUT2D eigenvalue weighted by Crippen LogP contribution is -2.50. The maximum Gasteiger partial charge on any atom is 0.471 e. The van der Waals surface area contributed by atoms with Crippen molar-refractivity contribution in [2.45, 2.75) is 69.0 Å². The van der Waals surface area contributed by atoms with Gasteiger partial charge in [0.05, 0.1) is 12.2 Å². The highest BCUT2D eigenvalue weighted by Gasteiger charge is 2.63. The molecular formula is C30H27F7N6O6S. The molecule has 2 aromatic heterocycles. The molecule has 0 bridgehead atoms. The van der Waals surface area contributed by atoms with Crippen molar-refractivity contribution in [2.75, 3.05) is 17.3 Å². The molecule has 50 heavy (non-hydrogen) atoms. The van der Waals surface area contributed by atoms with Crippen LogP contribution in [-0.2, 0) is 32.8 Å². The second kappa shape index (κ2) is 13.5. The van der Waals surface area contributed by atoms with E-state index in [0.29, 0.717) is 10.5 Å². The zero-order chi connectivity index (χ0) is 36.6. The Morgan fingerprint density at radius 2 is 1.68 bits per heavy atom. The third kappa shape index (κ3) is 7.85. The number of fused-ring (bicyclic) bond motifs is 1. The van der Waals surface area contributed by atoms with E-state index in [-0.39, 0.29) is 34.9 Å². The fourth-order valence-corrected chi connectivity index (χ4v) is 5.64. The summed E-state index contributed by atoms with van der Waals surface area (Å²) in [6.07, 6.45) is -11.2. The summed E-state index contributed by atoms with van der Waals surface area (Å²) in [5.41, 5.74) is 0.00605. The van der Waals surface area contributed by atoms with Crippen molar-refractivity contribution in [1.82, 2.24) is 25.7 Å². The van der Waals surface area contributed by atoms with Crippen LogP contribution in [0, 0.1) is 0 Å². The van der Waals surface area contributed by atoms with Crippen molar-refractivity contribution in [1.29, 1.82) is 0 Å². The minimum Gasteiger partial charge on any atom is -0.444 e. The van der Waals surface area contributed by atoms with E-state index in [0.717, 1.165) is 6.92 Å². The summed E-state index contributed by atoms with van der Waals surface area (Å²) in [7, 11) is 0. The molecule has 0 saturated carbocycles. The van der Waals surface area contributed by atoms with Gasteiger partial charge in [0.2, 0.25) is 11.7 Å². The number of carbonyl (C=O) groups is 2. The van der Waals surface area contributed by atoms with E-state index in [1.54, 1.807) is 20.8 Å². The van der Waals surface area contributed by atoms with Crippen molar-refractivity contribution in [2.24, 2.45) is 0 Å². The van der Waals surface area contributed by atoms with Crippen LogP contribution in [0.4, 0.5) is 41.2 Å². The van der Waals surface area contributed by atoms with Crippen molar-refractivity contribution in [3.05, 3.63) is 59.8 Å². The van der Waals surface area contributed by atoms with Crippen molar-refractivity contribution >= 4 is 29.4 Å². The number of benzene rings is 2. The number of ether oxygens (including phenoxy) is 2. The predicted octanol–water partition coefficient (Wildman–Crippen LogP) is 7.06. The van der Waals surface area contributed by atoms with Crippen LogP contribution >= 0.6 is 11.8 Å². The van der Waals surface area contributed by atoms with Crippen LogP contribution < -0.4 is 10.2 Å². The van der Waals surface area contributed by atoms with E-state index in [2.05, 4.69) is 34.9 Å². The Labute approximate surface area is 282 Å². The SMILES string of the molecule is CCOC(F)(c1nnc(-c2ccc3c(c2)N(Cc2ccc(-c4noc(C(F)(F)F)n4)cc2)C(=O)[C@@H](NC(=O)OC(C)(C)C)CS3)o1)C(F)(F)F. The molecule has 4 aromatic rings. The summed E-state index contributed by atoms with van der Waals surface area (Å²) < 4.78 is 114. The van der Waals surface area contributed by atoms with Gasteiger partial charge in [0, 0.05) is 28.4 Å². The number of aromatic nitrogens is 4. The summed E-state index contributed by atoms with van der Waals surface area (Å²) in [5.74, 6) is -8.78. The van der Waals surface area contributed by atoms with Crippen LogP contribution in [0.1, 0.15) is 45.0 Å². The number of amides is 2. The number of hydrogen-bond acceptors (Lipinski definition) is 11. The number of nitrogens with zero attached hydrogens (tertiary/aromatic N) is 5. The topological polar surface area (TPSA) is 146 Å². The highest BCUT2D eigenvalue weighted by Crippen LogP contribution is 2.44. The molecule has 0 aliphatic carbocycles. The van der Waals surface area contributed by atoms with Crippen LogP contribution in [0.5, 0.6) is 0 Å². The van der Waals surface area contributed by atoms with E-state index in [1.807, 2.05) is 0 Å². The lowest BCUT2D eigenvalue weighted by Gasteiger charge is -2.27. The van der Waals surface area contributed by atoms with E-state index in [4.69, 9.17) is 9.15 Å². The van der Waals surface area contributed by atoms with Crippen molar-refractivity contribution in [3.8, 4) is 22.8 Å². The summed E-state index contributed by atoms with van der Waals surface area (Å²) in [6, 6.07) is 9.01. The summed E-state index contributed by atoms with van der Waals surface area (Å²) in [4.78, 5) is 31.8. The first-order chi connectivity index (χ1) is 23.3. The Morgan fingerprint density at radius 1 is 1.00 bits per heavy atom.